The molecule has 88 valence electrons. The summed E-state index contributed by atoms with van der Waals surface area (Å²) in [7, 11) is 0. The molecule has 1 aliphatic rings. The third-order valence-corrected chi connectivity index (χ3v) is 4.30. The molecule has 2 heterocycles. The van der Waals surface area contributed by atoms with Crippen molar-refractivity contribution in [3.63, 3.8) is 0 Å². The molecule has 0 saturated heterocycles. The van der Waals surface area contributed by atoms with Gasteiger partial charge < -0.3 is 10.1 Å². The molecule has 3 heteroatoms. The number of hydrogen-bond donors (Lipinski definition) is 1. The summed E-state index contributed by atoms with van der Waals surface area (Å²) in [5.41, 5.74) is 1.09. The van der Waals surface area contributed by atoms with E-state index in [9.17, 15) is 0 Å². The fourth-order valence-electron chi connectivity index (χ4n) is 2.03. The van der Waals surface area contributed by atoms with Crippen LogP contribution in [0.1, 0.15) is 22.8 Å². The van der Waals surface area contributed by atoms with Gasteiger partial charge in [0.2, 0.25) is 0 Å². The van der Waals surface area contributed by atoms with E-state index in [-0.39, 0.29) is 6.10 Å². The SMILES string of the molecule is CCc1ccc(C2CNc3ccccc3O2)s1. The lowest BCUT2D eigenvalue weighted by Crippen LogP contribution is -2.22. The molecule has 1 unspecified atom stereocenters. The molecule has 0 amide bonds. The fraction of sp³-hybridized carbons (Fsp3) is 0.286. The molecule has 0 aliphatic carbocycles. The fourth-order valence-corrected chi connectivity index (χ4v) is 3.01. The van der Waals surface area contributed by atoms with Crippen molar-refractivity contribution in [3.05, 3.63) is 46.2 Å². The van der Waals surface area contributed by atoms with Gasteiger partial charge in [0.05, 0.1) is 12.2 Å². The van der Waals surface area contributed by atoms with Gasteiger partial charge in [-0.25, -0.2) is 0 Å². The highest BCUT2D eigenvalue weighted by molar-refractivity contribution is 7.12. The number of aryl methyl sites for hydroxylation is 1. The topological polar surface area (TPSA) is 21.3 Å². The largest absolute Gasteiger partial charge is 0.481 e. The lowest BCUT2D eigenvalue weighted by molar-refractivity contribution is 0.214. The van der Waals surface area contributed by atoms with Gasteiger partial charge in [0.1, 0.15) is 5.75 Å². The first-order chi connectivity index (χ1) is 8.36. The van der Waals surface area contributed by atoms with E-state index >= 15 is 0 Å². The second-order valence-corrected chi connectivity index (χ2v) is 5.34. The molecule has 0 fully saturated rings. The Hall–Kier alpha value is -1.48. The predicted molar refractivity (Wildman–Crippen MR) is 72.0 cm³/mol. The third-order valence-electron chi connectivity index (χ3n) is 2.98. The summed E-state index contributed by atoms with van der Waals surface area (Å²) in [6.45, 7) is 3.03. The minimum Gasteiger partial charge on any atom is -0.481 e. The van der Waals surface area contributed by atoms with E-state index in [2.05, 4.69) is 30.4 Å². The van der Waals surface area contributed by atoms with Crippen molar-refractivity contribution in [1.82, 2.24) is 0 Å². The third kappa shape index (κ3) is 2.03. The molecule has 2 nitrogen and oxygen atoms in total. The van der Waals surface area contributed by atoms with Gasteiger partial charge in [0, 0.05) is 9.75 Å². The Morgan fingerprint density at radius 3 is 3.00 bits per heavy atom. The predicted octanol–water partition coefficient (Wildman–Crippen LogP) is 3.86. The Bertz CT molecular complexity index is 520. The van der Waals surface area contributed by atoms with Crippen molar-refractivity contribution in [2.75, 3.05) is 11.9 Å². The Labute approximate surface area is 105 Å². The maximum absolute atomic E-state index is 6.02. The number of fused-ring (bicyclic) bond motifs is 1. The Morgan fingerprint density at radius 1 is 1.29 bits per heavy atom. The molecule has 1 aromatic heterocycles. The Balaban J connectivity index is 1.84. The molecule has 0 saturated carbocycles. The maximum Gasteiger partial charge on any atom is 0.150 e. The van der Waals surface area contributed by atoms with E-state index < -0.39 is 0 Å². The van der Waals surface area contributed by atoms with E-state index in [4.69, 9.17) is 4.74 Å². The summed E-state index contributed by atoms with van der Waals surface area (Å²) in [4.78, 5) is 2.73. The summed E-state index contributed by atoms with van der Waals surface area (Å²) >= 11 is 1.85. The van der Waals surface area contributed by atoms with Crippen molar-refractivity contribution in [3.8, 4) is 5.75 Å². The van der Waals surface area contributed by atoms with Crippen LogP contribution in [-0.4, -0.2) is 6.54 Å². The van der Waals surface area contributed by atoms with E-state index in [1.54, 1.807) is 0 Å². The number of anilines is 1. The smallest absolute Gasteiger partial charge is 0.150 e. The standard InChI is InChI=1S/C14H15NOS/c1-2-10-7-8-14(17-10)13-9-15-11-5-3-4-6-12(11)16-13/h3-8,13,15H,2,9H2,1H3. The highest BCUT2D eigenvalue weighted by Gasteiger charge is 2.21. The van der Waals surface area contributed by atoms with Gasteiger partial charge in [-0.1, -0.05) is 19.1 Å². The first kappa shape index (κ1) is 10.7. The first-order valence-electron chi connectivity index (χ1n) is 5.95. The van der Waals surface area contributed by atoms with Crippen molar-refractivity contribution in [1.29, 1.82) is 0 Å². The first-order valence-corrected chi connectivity index (χ1v) is 6.76. The minimum atomic E-state index is 0.148. The average molecular weight is 245 g/mol. The van der Waals surface area contributed by atoms with Crippen LogP contribution in [0.4, 0.5) is 5.69 Å². The molecule has 0 bridgehead atoms. The molecule has 1 N–H and O–H groups in total. The van der Waals surface area contributed by atoms with Crippen LogP contribution in [-0.2, 0) is 6.42 Å². The van der Waals surface area contributed by atoms with Gasteiger partial charge in [0.25, 0.3) is 0 Å². The number of nitrogens with one attached hydrogen (secondary N) is 1. The Morgan fingerprint density at radius 2 is 2.18 bits per heavy atom. The van der Waals surface area contributed by atoms with Gasteiger partial charge in [-0.15, -0.1) is 11.3 Å². The number of para-hydroxylation sites is 2. The van der Waals surface area contributed by atoms with Crippen LogP contribution in [0.15, 0.2) is 36.4 Å². The summed E-state index contributed by atoms with van der Waals surface area (Å²) in [5.74, 6) is 0.954. The van der Waals surface area contributed by atoms with E-state index in [1.165, 1.54) is 9.75 Å². The number of hydrogen-bond acceptors (Lipinski definition) is 3. The second kappa shape index (κ2) is 4.41. The maximum atomic E-state index is 6.02. The molecule has 0 spiro atoms. The molecular formula is C14H15NOS. The summed E-state index contributed by atoms with van der Waals surface area (Å²) < 4.78 is 6.02. The van der Waals surface area contributed by atoms with E-state index in [0.29, 0.717) is 0 Å². The number of benzene rings is 1. The zero-order valence-corrected chi connectivity index (χ0v) is 10.6. The summed E-state index contributed by atoms with van der Waals surface area (Å²) in [5, 5.41) is 3.42. The zero-order chi connectivity index (χ0) is 11.7. The Kier molecular flexibility index (Phi) is 2.77. The molecule has 17 heavy (non-hydrogen) atoms. The molecule has 3 rings (SSSR count). The van der Waals surface area contributed by atoms with Crippen LogP contribution < -0.4 is 10.1 Å². The number of rotatable bonds is 2. The number of ether oxygens (including phenoxy) is 1. The van der Waals surface area contributed by atoms with Crippen LogP contribution in [0.2, 0.25) is 0 Å². The lowest BCUT2D eigenvalue weighted by atomic mass is 10.2. The quantitative estimate of drug-likeness (QED) is 0.867. The molecular weight excluding hydrogens is 230 g/mol. The van der Waals surface area contributed by atoms with Gasteiger partial charge in [-0.05, 0) is 30.7 Å². The van der Waals surface area contributed by atoms with Gasteiger partial charge in [-0.2, -0.15) is 0 Å². The lowest BCUT2D eigenvalue weighted by Gasteiger charge is -2.26. The second-order valence-electron chi connectivity index (χ2n) is 4.14. The summed E-state index contributed by atoms with van der Waals surface area (Å²) in [6.07, 6.45) is 1.25. The zero-order valence-electron chi connectivity index (χ0n) is 9.77. The van der Waals surface area contributed by atoms with Gasteiger partial charge in [-0.3, -0.25) is 0 Å². The van der Waals surface area contributed by atoms with Crippen LogP contribution in [0.5, 0.6) is 5.75 Å². The van der Waals surface area contributed by atoms with Gasteiger partial charge in [0.15, 0.2) is 6.10 Å². The van der Waals surface area contributed by atoms with E-state index in [0.717, 1.165) is 24.4 Å². The number of thiophene rings is 1. The molecule has 0 radical (unpaired) electrons. The molecule has 1 aliphatic heterocycles. The van der Waals surface area contributed by atoms with Crippen molar-refractivity contribution < 1.29 is 4.74 Å². The highest BCUT2D eigenvalue weighted by Crippen LogP contribution is 2.35. The molecule has 2 aromatic rings. The van der Waals surface area contributed by atoms with Crippen molar-refractivity contribution in [2.45, 2.75) is 19.4 Å². The van der Waals surface area contributed by atoms with E-state index in [1.807, 2.05) is 29.5 Å². The van der Waals surface area contributed by atoms with Crippen LogP contribution >= 0.6 is 11.3 Å². The average Bonchev–Trinajstić information content (AvgIpc) is 2.87. The monoisotopic (exact) mass is 245 g/mol. The normalized spacial score (nSPS) is 18.1. The van der Waals surface area contributed by atoms with Crippen LogP contribution in [0, 0.1) is 0 Å². The molecule has 1 aromatic carbocycles. The van der Waals surface area contributed by atoms with Crippen molar-refractivity contribution in [2.24, 2.45) is 0 Å². The molecule has 1 atom stereocenters. The minimum absolute atomic E-state index is 0.148. The van der Waals surface area contributed by atoms with Crippen LogP contribution in [0.25, 0.3) is 0 Å². The van der Waals surface area contributed by atoms with Gasteiger partial charge >= 0.3 is 0 Å². The summed E-state index contributed by atoms with van der Waals surface area (Å²) in [6, 6.07) is 12.5. The highest BCUT2D eigenvalue weighted by atomic mass is 32.1. The van der Waals surface area contributed by atoms with Crippen LogP contribution in [0.3, 0.4) is 0 Å². The van der Waals surface area contributed by atoms with Crippen molar-refractivity contribution >= 4 is 17.0 Å².